The average Bonchev–Trinajstić information content (AvgIpc) is 3.47. The van der Waals surface area contributed by atoms with Crippen molar-refractivity contribution in [1.29, 1.82) is 0 Å². The van der Waals surface area contributed by atoms with Gasteiger partial charge in [0.25, 0.3) is 0 Å². The molecule has 2 fully saturated rings. The summed E-state index contributed by atoms with van der Waals surface area (Å²) in [6, 6.07) is 4.66. The number of piperazine rings is 1. The van der Waals surface area contributed by atoms with E-state index in [0.717, 1.165) is 18.4 Å². The number of amides is 5. The number of nitrogens with one attached hydrogen (secondary N) is 2. The molecule has 2 saturated heterocycles. The van der Waals surface area contributed by atoms with Crippen molar-refractivity contribution in [3.63, 3.8) is 0 Å². The van der Waals surface area contributed by atoms with Crippen LogP contribution in [0.15, 0.2) is 48.4 Å². The topological polar surface area (TPSA) is 115 Å². The van der Waals surface area contributed by atoms with Gasteiger partial charge in [-0.3, -0.25) is 9.59 Å². The highest BCUT2D eigenvalue weighted by Crippen LogP contribution is 2.30. The van der Waals surface area contributed by atoms with Crippen LogP contribution in [-0.4, -0.2) is 101 Å². The minimum atomic E-state index is -0.775. The van der Waals surface area contributed by atoms with Crippen LogP contribution in [0.25, 0.3) is 0 Å². The number of fused-ring (bicyclic) bond motifs is 1. The van der Waals surface area contributed by atoms with E-state index in [1.54, 1.807) is 40.9 Å². The summed E-state index contributed by atoms with van der Waals surface area (Å²) in [5, 5.41) is 11.0. The van der Waals surface area contributed by atoms with Gasteiger partial charge in [-0.1, -0.05) is 30.9 Å². The first-order valence-electron chi connectivity index (χ1n) is 13.7. The van der Waals surface area contributed by atoms with Crippen molar-refractivity contribution < 1.29 is 28.3 Å². The van der Waals surface area contributed by atoms with Crippen molar-refractivity contribution in [3.8, 4) is 0 Å². The van der Waals surface area contributed by atoms with Crippen molar-refractivity contribution in [2.24, 2.45) is 0 Å². The maximum atomic E-state index is 13.7. The smallest absolute Gasteiger partial charge is 0.407 e. The van der Waals surface area contributed by atoms with E-state index in [1.165, 1.54) is 28.1 Å². The van der Waals surface area contributed by atoms with Gasteiger partial charge >= 0.3 is 12.1 Å². The highest BCUT2D eigenvalue weighted by Gasteiger charge is 2.50. The van der Waals surface area contributed by atoms with Crippen LogP contribution in [0, 0.1) is 5.82 Å². The molecule has 0 spiro atoms. The van der Waals surface area contributed by atoms with E-state index in [1.807, 2.05) is 0 Å². The summed E-state index contributed by atoms with van der Waals surface area (Å²) >= 11 is 1.74. The summed E-state index contributed by atoms with van der Waals surface area (Å²) in [4.78, 5) is 55.6. The lowest BCUT2D eigenvalue weighted by Crippen LogP contribution is -2.76. The monoisotopic (exact) mass is 588 g/mol. The van der Waals surface area contributed by atoms with Gasteiger partial charge < -0.3 is 25.2 Å². The van der Waals surface area contributed by atoms with Crippen LogP contribution in [-0.2, 0) is 20.9 Å². The Labute approximate surface area is 243 Å². The molecule has 2 N–H and O–H groups in total. The molecule has 222 valence electrons. The molecule has 4 rings (SSSR count). The van der Waals surface area contributed by atoms with Crippen molar-refractivity contribution in [2.75, 3.05) is 39.8 Å². The van der Waals surface area contributed by atoms with E-state index in [9.17, 15) is 23.6 Å². The van der Waals surface area contributed by atoms with Crippen molar-refractivity contribution >= 4 is 35.7 Å². The van der Waals surface area contributed by atoms with Crippen LogP contribution in [0.4, 0.5) is 14.0 Å². The summed E-state index contributed by atoms with van der Waals surface area (Å²) in [6.45, 7) is 4.66. The predicted molar refractivity (Wildman–Crippen MR) is 153 cm³/mol. The first-order chi connectivity index (χ1) is 19.8. The van der Waals surface area contributed by atoms with E-state index in [2.05, 4.69) is 28.7 Å². The number of alkyl carbamates (subject to hydrolysis) is 1. The zero-order valence-corrected chi connectivity index (χ0v) is 24.0. The second-order valence-corrected chi connectivity index (χ2v) is 11.3. The van der Waals surface area contributed by atoms with Crippen LogP contribution in [0.1, 0.15) is 31.2 Å². The number of halogens is 1. The molecular formula is C28H37FN6O5S. The number of hydrazine groups is 1. The van der Waals surface area contributed by atoms with Gasteiger partial charge in [0.15, 0.2) is 0 Å². The van der Waals surface area contributed by atoms with Gasteiger partial charge in [0.1, 0.15) is 24.6 Å². The maximum Gasteiger partial charge on any atom is 0.407 e. The first-order valence-corrected chi connectivity index (χ1v) is 14.7. The van der Waals surface area contributed by atoms with Crippen LogP contribution < -0.4 is 10.6 Å². The number of rotatable bonds is 11. The Kier molecular flexibility index (Phi) is 10.6. The third-order valence-corrected chi connectivity index (χ3v) is 8.41. The Morgan fingerprint density at radius 1 is 1.20 bits per heavy atom. The summed E-state index contributed by atoms with van der Waals surface area (Å²) in [6.07, 6.45) is 4.78. The van der Waals surface area contributed by atoms with Gasteiger partial charge in [0, 0.05) is 31.9 Å². The summed E-state index contributed by atoms with van der Waals surface area (Å²) in [5.41, 5.74) is 0.729. The Balaban J connectivity index is 1.48. The molecule has 1 aromatic rings. The maximum absolute atomic E-state index is 13.7. The van der Waals surface area contributed by atoms with E-state index in [0.29, 0.717) is 24.6 Å². The lowest BCUT2D eigenvalue weighted by atomic mass is 10.0. The second kappa shape index (κ2) is 14.4. The highest BCUT2D eigenvalue weighted by molar-refractivity contribution is 8.03. The van der Waals surface area contributed by atoms with Crippen LogP contribution in [0.3, 0.4) is 0 Å². The number of nitrogens with zero attached hydrogens (tertiary/aromatic N) is 4. The molecule has 1 aromatic carbocycles. The van der Waals surface area contributed by atoms with Crippen LogP contribution in [0.2, 0.25) is 0 Å². The molecule has 3 heterocycles. The second-order valence-electron chi connectivity index (χ2n) is 10.1. The Morgan fingerprint density at radius 3 is 2.68 bits per heavy atom. The Bertz CT molecular complexity index is 1140. The van der Waals surface area contributed by atoms with Gasteiger partial charge in [-0.2, -0.15) is 0 Å². The number of carbonyl (C=O) groups excluding carboxylic acids is 4. The van der Waals surface area contributed by atoms with Gasteiger partial charge in [0.05, 0.1) is 13.1 Å². The van der Waals surface area contributed by atoms with E-state index >= 15 is 0 Å². The van der Waals surface area contributed by atoms with Gasteiger partial charge in [-0.05, 0) is 48.8 Å². The number of urea groups is 1. The third-order valence-electron chi connectivity index (χ3n) is 7.25. The fourth-order valence-corrected chi connectivity index (χ4v) is 6.14. The number of hydrogen-bond acceptors (Lipinski definition) is 7. The largest absolute Gasteiger partial charge is 0.445 e. The normalized spacial score (nSPS) is 22.5. The van der Waals surface area contributed by atoms with E-state index in [4.69, 9.17) is 4.74 Å². The third kappa shape index (κ3) is 7.79. The number of thioether (sulfide) groups is 1. The van der Waals surface area contributed by atoms with Gasteiger partial charge in [0.2, 0.25) is 11.8 Å². The lowest BCUT2D eigenvalue weighted by Gasteiger charge is -2.54. The molecule has 0 radical (unpaired) electrons. The summed E-state index contributed by atoms with van der Waals surface area (Å²) in [7, 11) is 1.67. The standard InChI is InChI=1S/C28H37FN6O5S/c1-3-15-40-28(39)30-13-4-7-23-26(37)33(14-12-22-6-5-16-41-22)18-24-34(23)25(36)19-32(2)35(24)27(38)31-17-20-8-10-21(29)11-9-20/h3,5,8-11,16,22-24H,1,4,6-7,12-15,17-19H2,2H3,(H,30,39)(H,31,38)/t22?,23-,24-/m0/s1. The predicted octanol–water partition coefficient (Wildman–Crippen LogP) is 2.66. The molecule has 3 atom stereocenters. The van der Waals surface area contributed by atoms with E-state index < -0.39 is 24.3 Å². The number of ether oxygens (including phenoxy) is 1. The van der Waals surface area contributed by atoms with Crippen molar-refractivity contribution in [1.82, 2.24) is 30.5 Å². The minimum Gasteiger partial charge on any atom is -0.445 e. The fraction of sp³-hybridized carbons (Fsp3) is 0.500. The zero-order valence-electron chi connectivity index (χ0n) is 23.2. The van der Waals surface area contributed by atoms with Gasteiger partial charge in [-0.25, -0.2) is 24.0 Å². The Hall–Kier alpha value is -3.58. The molecular weight excluding hydrogens is 551 g/mol. The van der Waals surface area contributed by atoms with Gasteiger partial charge in [-0.15, -0.1) is 11.8 Å². The number of likely N-dealkylation sites (N-methyl/N-ethyl adjacent to an activating group) is 1. The number of hydrogen-bond donors (Lipinski definition) is 2. The summed E-state index contributed by atoms with van der Waals surface area (Å²) < 4.78 is 18.2. The molecule has 0 bridgehead atoms. The van der Waals surface area contributed by atoms with Crippen LogP contribution in [0.5, 0.6) is 0 Å². The summed E-state index contributed by atoms with van der Waals surface area (Å²) in [5.74, 6) is -0.762. The first kappa shape index (κ1) is 30.4. The zero-order chi connectivity index (χ0) is 29.4. The number of carbonyl (C=O) groups is 4. The molecule has 13 heteroatoms. The van der Waals surface area contributed by atoms with E-state index in [-0.39, 0.29) is 50.4 Å². The molecule has 3 aliphatic heterocycles. The quantitative estimate of drug-likeness (QED) is 0.302. The molecule has 5 amide bonds. The molecule has 0 aliphatic carbocycles. The number of benzene rings is 1. The number of allylic oxidation sites excluding steroid dienone is 1. The molecule has 41 heavy (non-hydrogen) atoms. The molecule has 0 saturated carbocycles. The molecule has 0 aromatic heterocycles. The Morgan fingerprint density at radius 2 is 1.98 bits per heavy atom. The van der Waals surface area contributed by atoms with Crippen LogP contribution >= 0.6 is 11.8 Å². The lowest BCUT2D eigenvalue weighted by molar-refractivity contribution is -0.187. The minimum absolute atomic E-state index is 0.0687. The molecule has 3 aliphatic rings. The molecule has 1 unspecified atom stereocenters. The van der Waals surface area contributed by atoms with Crippen molar-refractivity contribution in [2.45, 2.75) is 49.7 Å². The van der Waals surface area contributed by atoms with Crippen molar-refractivity contribution in [3.05, 3.63) is 59.8 Å². The highest BCUT2D eigenvalue weighted by atomic mass is 32.2. The SMILES string of the molecule is C=CCOC(=O)NCCC[C@H]1C(=O)N(CCC2CC=CS2)C[C@H]2N1C(=O)CN(C)N2C(=O)NCc1ccc(F)cc1. The fourth-order valence-electron chi connectivity index (χ4n) is 5.23. The molecule has 11 nitrogen and oxygen atoms in total. The average molecular weight is 589 g/mol.